The normalized spacial score (nSPS) is 10.8. The van der Waals surface area contributed by atoms with Gasteiger partial charge in [0.15, 0.2) is 5.69 Å². The molecule has 3 rings (SSSR count). The molecule has 1 aromatic carbocycles. The lowest BCUT2D eigenvalue weighted by molar-refractivity contribution is 0.0947. The number of nitrogens with one attached hydrogen (secondary N) is 1. The highest BCUT2D eigenvalue weighted by atomic mass is 19.1. The molecule has 0 bridgehead atoms. The summed E-state index contributed by atoms with van der Waals surface area (Å²) in [6.45, 7) is 4.71. The van der Waals surface area contributed by atoms with Crippen molar-refractivity contribution in [1.29, 1.82) is 0 Å². The highest BCUT2D eigenvalue weighted by Gasteiger charge is 2.18. The van der Waals surface area contributed by atoms with Gasteiger partial charge in [-0.2, -0.15) is 5.10 Å². The minimum Gasteiger partial charge on any atom is -0.351 e. The molecule has 0 fully saturated rings. The predicted octanol–water partition coefficient (Wildman–Crippen LogP) is 2.04. The fourth-order valence-electron chi connectivity index (χ4n) is 2.51. The van der Waals surface area contributed by atoms with Gasteiger partial charge in [-0.05, 0) is 44.0 Å². The Kier molecular flexibility index (Phi) is 4.87. The summed E-state index contributed by atoms with van der Waals surface area (Å²) in [5.41, 5.74) is 1.77. The molecular formula is C17H19FN6O. The van der Waals surface area contributed by atoms with Gasteiger partial charge < -0.3 is 5.32 Å². The average Bonchev–Trinajstić information content (AvgIpc) is 3.22. The van der Waals surface area contributed by atoms with Crippen LogP contribution in [0.3, 0.4) is 0 Å². The zero-order valence-electron chi connectivity index (χ0n) is 14.1. The van der Waals surface area contributed by atoms with Crippen molar-refractivity contribution >= 4 is 5.91 Å². The van der Waals surface area contributed by atoms with Crippen molar-refractivity contribution < 1.29 is 9.18 Å². The van der Waals surface area contributed by atoms with E-state index in [-0.39, 0.29) is 17.3 Å². The van der Waals surface area contributed by atoms with Gasteiger partial charge in [0.25, 0.3) is 5.91 Å². The van der Waals surface area contributed by atoms with Gasteiger partial charge in [0, 0.05) is 25.5 Å². The summed E-state index contributed by atoms with van der Waals surface area (Å²) in [6, 6.07) is 6.68. The average molecular weight is 342 g/mol. The van der Waals surface area contributed by atoms with Crippen LogP contribution in [-0.4, -0.2) is 37.2 Å². The first-order valence-corrected chi connectivity index (χ1v) is 8.00. The van der Waals surface area contributed by atoms with Gasteiger partial charge in [-0.25, -0.2) is 9.07 Å². The molecule has 1 N–H and O–H groups in total. The topological polar surface area (TPSA) is 77.6 Å². The van der Waals surface area contributed by atoms with Crippen molar-refractivity contribution in [2.45, 2.75) is 26.8 Å². The van der Waals surface area contributed by atoms with Crippen molar-refractivity contribution in [2.24, 2.45) is 0 Å². The van der Waals surface area contributed by atoms with E-state index in [1.807, 2.05) is 19.2 Å². The quantitative estimate of drug-likeness (QED) is 0.696. The Labute approximate surface area is 144 Å². The van der Waals surface area contributed by atoms with Crippen molar-refractivity contribution in [3.8, 4) is 5.69 Å². The third kappa shape index (κ3) is 3.73. The fraction of sp³-hybridized carbons (Fsp3) is 0.294. The minimum atomic E-state index is -0.404. The van der Waals surface area contributed by atoms with Crippen molar-refractivity contribution in [1.82, 2.24) is 30.1 Å². The Morgan fingerprint density at radius 3 is 2.88 bits per heavy atom. The molecule has 7 nitrogen and oxygen atoms in total. The highest BCUT2D eigenvalue weighted by molar-refractivity contribution is 5.93. The lowest BCUT2D eigenvalue weighted by Gasteiger charge is -2.07. The molecule has 130 valence electrons. The number of hydrogen-bond donors (Lipinski definition) is 1. The van der Waals surface area contributed by atoms with Crippen LogP contribution in [0, 0.1) is 19.7 Å². The monoisotopic (exact) mass is 342 g/mol. The maximum absolute atomic E-state index is 14.1. The lowest BCUT2D eigenvalue weighted by atomic mass is 10.2. The van der Waals surface area contributed by atoms with Gasteiger partial charge in [-0.3, -0.25) is 9.48 Å². The van der Waals surface area contributed by atoms with Crippen LogP contribution in [0.2, 0.25) is 0 Å². The van der Waals surface area contributed by atoms with E-state index < -0.39 is 5.82 Å². The number of benzene rings is 1. The summed E-state index contributed by atoms with van der Waals surface area (Å²) in [4.78, 5) is 12.3. The summed E-state index contributed by atoms with van der Waals surface area (Å²) in [5, 5.41) is 14.7. The molecule has 0 unspecified atom stereocenters. The smallest absolute Gasteiger partial charge is 0.273 e. The number of amides is 1. The molecule has 0 spiro atoms. The molecule has 1 amide bonds. The van der Waals surface area contributed by atoms with E-state index in [0.29, 0.717) is 18.8 Å². The van der Waals surface area contributed by atoms with Gasteiger partial charge in [0.05, 0.1) is 5.69 Å². The van der Waals surface area contributed by atoms with E-state index in [1.54, 1.807) is 29.9 Å². The van der Waals surface area contributed by atoms with Crippen LogP contribution in [0.1, 0.15) is 28.2 Å². The second-order valence-corrected chi connectivity index (χ2v) is 5.77. The van der Waals surface area contributed by atoms with E-state index in [0.717, 1.165) is 12.0 Å². The molecule has 2 aromatic heterocycles. The Balaban J connectivity index is 1.64. The van der Waals surface area contributed by atoms with Crippen molar-refractivity contribution in [2.75, 3.05) is 6.54 Å². The minimum absolute atomic E-state index is 0.194. The highest BCUT2D eigenvalue weighted by Crippen LogP contribution is 2.17. The molecule has 2 heterocycles. The lowest BCUT2D eigenvalue weighted by Crippen LogP contribution is -2.26. The number of aromatic nitrogens is 5. The Bertz CT molecular complexity index is 871. The van der Waals surface area contributed by atoms with Crippen LogP contribution in [0.25, 0.3) is 5.69 Å². The molecule has 8 heteroatoms. The first kappa shape index (κ1) is 16.8. The summed E-state index contributed by atoms with van der Waals surface area (Å²) >= 11 is 0. The SMILES string of the molecule is Cc1ccc(-n2nnc(C(=O)NCCCn3cccn3)c2C)c(F)c1. The zero-order valence-corrected chi connectivity index (χ0v) is 14.1. The summed E-state index contributed by atoms with van der Waals surface area (Å²) in [7, 11) is 0. The van der Waals surface area contributed by atoms with Crippen LogP contribution in [-0.2, 0) is 6.54 Å². The molecular weight excluding hydrogens is 323 g/mol. The zero-order chi connectivity index (χ0) is 17.8. The third-order valence-corrected chi connectivity index (χ3v) is 3.85. The van der Waals surface area contributed by atoms with Gasteiger partial charge >= 0.3 is 0 Å². The summed E-state index contributed by atoms with van der Waals surface area (Å²) in [6.07, 6.45) is 4.32. The number of nitrogens with zero attached hydrogens (tertiary/aromatic N) is 5. The number of halogens is 1. The van der Waals surface area contributed by atoms with Crippen LogP contribution in [0.15, 0.2) is 36.7 Å². The number of carbonyl (C=O) groups excluding carboxylic acids is 1. The van der Waals surface area contributed by atoms with E-state index in [2.05, 4.69) is 20.7 Å². The molecule has 0 atom stereocenters. The van der Waals surface area contributed by atoms with Crippen LogP contribution in [0.4, 0.5) is 4.39 Å². The van der Waals surface area contributed by atoms with Gasteiger partial charge in [-0.1, -0.05) is 11.3 Å². The first-order valence-electron chi connectivity index (χ1n) is 8.00. The summed E-state index contributed by atoms with van der Waals surface area (Å²) < 4.78 is 17.3. The fourth-order valence-corrected chi connectivity index (χ4v) is 2.51. The second-order valence-electron chi connectivity index (χ2n) is 5.77. The first-order chi connectivity index (χ1) is 12.1. The van der Waals surface area contributed by atoms with Gasteiger partial charge in [-0.15, -0.1) is 5.10 Å². The molecule has 3 aromatic rings. The molecule has 0 radical (unpaired) electrons. The second kappa shape index (κ2) is 7.25. The molecule has 0 aliphatic heterocycles. The standard InChI is InChI=1S/C17H19FN6O/c1-12-5-6-15(14(18)11-12)24-13(2)16(21-22-24)17(25)19-7-3-9-23-10-4-8-20-23/h4-6,8,10-11H,3,7,9H2,1-2H3,(H,19,25). The molecule has 25 heavy (non-hydrogen) atoms. The van der Waals surface area contributed by atoms with E-state index in [9.17, 15) is 9.18 Å². The Morgan fingerprint density at radius 1 is 1.32 bits per heavy atom. The molecule has 0 saturated carbocycles. The molecule has 0 aliphatic carbocycles. The Hall–Kier alpha value is -3.03. The van der Waals surface area contributed by atoms with Crippen LogP contribution >= 0.6 is 0 Å². The van der Waals surface area contributed by atoms with E-state index in [1.165, 1.54) is 10.7 Å². The van der Waals surface area contributed by atoms with E-state index in [4.69, 9.17) is 0 Å². The van der Waals surface area contributed by atoms with Crippen molar-refractivity contribution in [3.63, 3.8) is 0 Å². The maximum atomic E-state index is 14.1. The van der Waals surface area contributed by atoms with Gasteiger partial charge in [0.1, 0.15) is 11.5 Å². The predicted molar refractivity (Wildman–Crippen MR) is 90.0 cm³/mol. The molecule has 0 saturated heterocycles. The number of carbonyl (C=O) groups is 1. The Morgan fingerprint density at radius 2 is 2.16 bits per heavy atom. The molecule has 0 aliphatic rings. The number of hydrogen-bond acceptors (Lipinski definition) is 4. The maximum Gasteiger partial charge on any atom is 0.273 e. The number of aryl methyl sites for hydroxylation is 2. The largest absolute Gasteiger partial charge is 0.351 e. The third-order valence-electron chi connectivity index (χ3n) is 3.85. The van der Waals surface area contributed by atoms with E-state index >= 15 is 0 Å². The van der Waals surface area contributed by atoms with Crippen molar-refractivity contribution in [3.05, 3.63) is 59.4 Å². The van der Waals surface area contributed by atoms with Crippen LogP contribution < -0.4 is 5.32 Å². The summed E-state index contributed by atoms with van der Waals surface area (Å²) in [5.74, 6) is -0.726. The van der Waals surface area contributed by atoms with Crippen LogP contribution in [0.5, 0.6) is 0 Å². The van der Waals surface area contributed by atoms with Gasteiger partial charge in [0.2, 0.25) is 0 Å². The number of rotatable bonds is 6.